The summed E-state index contributed by atoms with van der Waals surface area (Å²) in [6, 6.07) is 74.7. The summed E-state index contributed by atoms with van der Waals surface area (Å²) in [5.41, 5.74) is 11.6. The minimum Gasteiger partial charge on any atom is -0.310 e. The molecule has 2 heteroatoms. The number of fused-ring (bicyclic) bond motifs is 5. The molecule has 52 heavy (non-hydrogen) atoms. The van der Waals surface area contributed by atoms with Gasteiger partial charge >= 0.3 is 0 Å². The van der Waals surface area contributed by atoms with Crippen molar-refractivity contribution in [2.45, 2.75) is 0 Å². The molecule has 0 spiro atoms. The summed E-state index contributed by atoms with van der Waals surface area (Å²) in [6.07, 6.45) is 0. The highest BCUT2D eigenvalue weighted by Gasteiger charge is 2.19. The third-order valence-corrected chi connectivity index (χ3v) is 10.3. The second-order valence-electron chi connectivity index (χ2n) is 13.4. The van der Waals surface area contributed by atoms with E-state index in [1.54, 1.807) is 0 Å². The summed E-state index contributed by atoms with van der Waals surface area (Å²) in [5, 5.41) is 7.53. The van der Waals surface area contributed by atoms with Crippen LogP contribution in [-0.4, -0.2) is 4.57 Å². The lowest BCUT2D eigenvalue weighted by molar-refractivity contribution is 1.17. The van der Waals surface area contributed by atoms with E-state index in [4.69, 9.17) is 0 Å². The van der Waals surface area contributed by atoms with Gasteiger partial charge in [-0.2, -0.15) is 0 Å². The zero-order valence-corrected chi connectivity index (χ0v) is 28.5. The largest absolute Gasteiger partial charge is 0.310 e. The smallest absolute Gasteiger partial charge is 0.0547 e. The van der Waals surface area contributed by atoms with Gasteiger partial charge in [0.1, 0.15) is 0 Å². The van der Waals surface area contributed by atoms with Crippen LogP contribution in [-0.2, 0) is 0 Å². The minimum atomic E-state index is 1.09. The fourth-order valence-electron chi connectivity index (χ4n) is 7.81. The number of hydrogen-bond acceptors (Lipinski definition) is 1. The van der Waals surface area contributed by atoms with Crippen LogP contribution in [0, 0.1) is 0 Å². The molecule has 1 aromatic heterocycles. The fraction of sp³-hybridized carbons (Fsp3) is 0. The number of hydrogen-bond donors (Lipinski definition) is 0. The van der Waals surface area contributed by atoms with Crippen molar-refractivity contribution in [3.05, 3.63) is 206 Å². The normalized spacial score (nSPS) is 11.5. The maximum Gasteiger partial charge on any atom is 0.0547 e. The Morgan fingerprint density at radius 3 is 1.67 bits per heavy atom. The van der Waals surface area contributed by atoms with Crippen LogP contribution in [0.4, 0.5) is 17.1 Å². The highest BCUT2D eigenvalue weighted by molar-refractivity contribution is 6.13. The molecule has 244 valence electrons. The van der Waals surface area contributed by atoms with Crippen molar-refractivity contribution in [1.82, 2.24) is 4.57 Å². The van der Waals surface area contributed by atoms with Crippen LogP contribution in [0.1, 0.15) is 0 Å². The standard InChI is InChI=1S/C50H34N2/c1-2-13-37(14-3-1)45-18-8-10-20-48(45)51(42-26-24-36(25-27-42)41-23-22-35-12-4-5-15-38(35)32-41)43-28-30-44(31-29-43)52-49-21-11-9-19-46(49)47-33-39-16-6-7-17-40(39)34-50(47)52/h1-34H. The number of aromatic nitrogens is 1. The minimum absolute atomic E-state index is 1.09. The van der Waals surface area contributed by atoms with Gasteiger partial charge < -0.3 is 9.47 Å². The number of rotatable bonds is 6. The van der Waals surface area contributed by atoms with Gasteiger partial charge in [0.05, 0.1) is 16.7 Å². The van der Waals surface area contributed by atoms with Crippen molar-refractivity contribution in [3.63, 3.8) is 0 Å². The predicted octanol–water partition coefficient (Wildman–Crippen LogP) is 13.9. The summed E-state index contributed by atoms with van der Waals surface area (Å²) in [6.45, 7) is 0. The molecule has 0 aliphatic rings. The van der Waals surface area contributed by atoms with E-state index < -0.39 is 0 Å². The van der Waals surface area contributed by atoms with Crippen LogP contribution in [0.3, 0.4) is 0 Å². The van der Waals surface area contributed by atoms with Gasteiger partial charge in [-0.1, -0.05) is 140 Å². The molecule has 0 amide bonds. The van der Waals surface area contributed by atoms with E-state index in [2.05, 4.69) is 216 Å². The van der Waals surface area contributed by atoms with Crippen LogP contribution >= 0.6 is 0 Å². The molecule has 0 N–H and O–H groups in total. The molecule has 0 aliphatic heterocycles. The van der Waals surface area contributed by atoms with Gasteiger partial charge in [-0.15, -0.1) is 0 Å². The first-order valence-corrected chi connectivity index (χ1v) is 17.8. The SMILES string of the molecule is c1ccc(-c2ccccc2N(c2ccc(-c3ccc4ccccc4c3)cc2)c2ccc(-n3c4ccccc4c4cc5ccccc5cc43)cc2)cc1. The Balaban J connectivity index is 1.11. The van der Waals surface area contributed by atoms with Gasteiger partial charge in [0.15, 0.2) is 0 Å². The molecule has 0 aliphatic carbocycles. The molecule has 0 saturated heterocycles. The fourth-order valence-corrected chi connectivity index (χ4v) is 7.81. The molecule has 0 bridgehead atoms. The maximum absolute atomic E-state index is 2.40. The Labute approximate surface area is 303 Å². The lowest BCUT2D eigenvalue weighted by Crippen LogP contribution is -2.11. The molecular weight excluding hydrogens is 629 g/mol. The molecule has 0 fully saturated rings. The summed E-state index contributed by atoms with van der Waals surface area (Å²) in [4.78, 5) is 2.38. The second kappa shape index (κ2) is 12.5. The number of benzene rings is 9. The van der Waals surface area contributed by atoms with Gasteiger partial charge in [-0.25, -0.2) is 0 Å². The molecule has 2 nitrogen and oxygen atoms in total. The molecule has 0 atom stereocenters. The molecule has 0 unspecified atom stereocenters. The van der Waals surface area contributed by atoms with Crippen molar-refractivity contribution in [3.8, 4) is 27.9 Å². The maximum atomic E-state index is 2.40. The highest BCUT2D eigenvalue weighted by atomic mass is 15.1. The summed E-state index contributed by atoms with van der Waals surface area (Å²) in [5.74, 6) is 0. The number of nitrogens with zero attached hydrogens (tertiary/aromatic N) is 2. The molecule has 9 aromatic carbocycles. The number of anilines is 3. The van der Waals surface area contributed by atoms with Crippen LogP contribution in [0.5, 0.6) is 0 Å². The van der Waals surface area contributed by atoms with E-state index in [1.165, 1.54) is 65.6 Å². The van der Waals surface area contributed by atoms with Crippen LogP contribution in [0.25, 0.3) is 71.3 Å². The van der Waals surface area contributed by atoms with E-state index in [-0.39, 0.29) is 0 Å². The Kier molecular flexibility index (Phi) is 7.18. The first-order valence-electron chi connectivity index (χ1n) is 17.8. The molecule has 0 radical (unpaired) electrons. The average Bonchev–Trinajstić information content (AvgIpc) is 3.54. The Morgan fingerprint density at radius 1 is 0.327 bits per heavy atom. The number of para-hydroxylation sites is 2. The Bertz CT molecular complexity index is 2880. The second-order valence-corrected chi connectivity index (χ2v) is 13.4. The van der Waals surface area contributed by atoms with Gasteiger partial charge in [-0.05, 0) is 105 Å². The quantitative estimate of drug-likeness (QED) is 0.172. The van der Waals surface area contributed by atoms with Crippen LogP contribution < -0.4 is 4.90 Å². The summed E-state index contributed by atoms with van der Waals surface area (Å²) < 4.78 is 2.40. The van der Waals surface area contributed by atoms with Crippen molar-refractivity contribution >= 4 is 60.4 Å². The van der Waals surface area contributed by atoms with Gasteiger partial charge in [0.2, 0.25) is 0 Å². The predicted molar refractivity (Wildman–Crippen MR) is 221 cm³/mol. The van der Waals surface area contributed by atoms with Crippen molar-refractivity contribution < 1.29 is 0 Å². The topological polar surface area (TPSA) is 8.17 Å². The van der Waals surface area contributed by atoms with E-state index in [0.29, 0.717) is 0 Å². The summed E-state index contributed by atoms with van der Waals surface area (Å²) in [7, 11) is 0. The van der Waals surface area contributed by atoms with Crippen LogP contribution in [0.2, 0.25) is 0 Å². The molecule has 10 rings (SSSR count). The lowest BCUT2D eigenvalue weighted by Gasteiger charge is -2.28. The zero-order chi connectivity index (χ0) is 34.4. The van der Waals surface area contributed by atoms with E-state index in [9.17, 15) is 0 Å². The van der Waals surface area contributed by atoms with Gasteiger partial charge in [0, 0.05) is 33.4 Å². The molecular formula is C50H34N2. The molecule has 0 saturated carbocycles. The zero-order valence-electron chi connectivity index (χ0n) is 28.5. The third kappa shape index (κ3) is 5.12. The van der Waals surface area contributed by atoms with Gasteiger partial charge in [0.25, 0.3) is 0 Å². The lowest BCUT2D eigenvalue weighted by atomic mass is 10.00. The van der Waals surface area contributed by atoms with E-state index in [1.807, 2.05) is 0 Å². The average molecular weight is 663 g/mol. The molecule has 10 aromatic rings. The van der Waals surface area contributed by atoms with Crippen molar-refractivity contribution in [2.75, 3.05) is 4.90 Å². The molecule has 1 heterocycles. The van der Waals surface area contributed by atoms with Crippen LogP contribution in [0.15, 0.2) is 206 Å². The monoisotopic (exact) mass is 662 g/mol. The Morgan fingerprint density at radius 2 is 0.904 bits per heavy atom. The van der Waals surface area contributed by atoms with Crippen molar-refractivity contribution in [2.24, 2.45) is 0 Å². The van der Waals surface area contributed by atoms with E-state index >= 15 is 0 Å². The first kappa shape index (κ1) is 30.0. The van der Waals surface area contributed by atoms with Gasteiger partial charge in [-0.3, -0.25) is 0 Å². The Hall–Kier alpha value is -6.90. The van der Waals surface area contributed by atoms with Crippen molar-refractivity contribution in [1.29, 1.82) is 0 Å². The third-order valence-electron chi connectivity index (χ3n) is 10.3. The first-order chi connectivity index (χ1) is 25.8. The summed E-state index contributed by atoms with van der Waals surface area (Å²) >= 11 is 0. The van der Waals surface area contributed by atoms with E-state index in [0.717, 1.165) is 22.7 Å². The highest BCUT2D eigenvalue weighted by Crippen LogP contribution is 2.42.